The SMILES string of the molecule is COCOc1cc(F)ccc1-c1cc(-c2cccc(NC(=O)[C@H]3CCCN3C(=O)OC(C)(C)C)c2)c(C#N)c(NC(=O)c2ccco2)n1. The van der Waals surface area contributed by atoms with Crippen LogP contribution < -0.4 is 15.4 Å². The van der Waals surface area contributed by atoms with Crippen molar-refractivity contribution in [3.63, 3.8) is 0 Å². The van der Waals surface area contributed by atoms with Gasteiger partial charge in [0.05, 0.1) is 12.0 Å². The van der Waals surface area contributed by atoms with Crippen LogP contribution in [0.3, 0.4) is 0 Å². The molecule has 0 unspecified atom stereocenters. The first-order valence-electron chi connectivity index (χ1n) is 15.1. The highest BCUT2D eigenvalue weighted by atomic mass is 19.1. The maximum absolute atomic E-state index is 14.2. The molecule has 1 saturated heterocycles. The molecule has 1 atom stereocenters. The molecular formula is C35H34FN5O7. The number of rotatable bonds is 9. The Labute approximate surface area is 276 Å². The average Bonchev–Trinajstić information content (AvgIpc) is 3.76. The van der Waals surface area contributed by atoms with Gasteiger partial charge in [0.25, 0.3) is 5.91 Å². The number of likely N-dealkylation sites (tertiary alicyclic amines) is 1. The Kier molecular flexibility index (Phi) is 10.1. The quantitative estimate of drug-likeness (QED) is 0.190. The van der Waals surface area contributed by atoms with Gasteiger partial charge in [-0.2, -0.15) is 5.26 Å². The zero-order valence-corrected chi connectivity index (χ0v) is 26.8. The molecule has 12 nitrogen and oxygen atoms in total. The van der Waals surface area contributed by atoms with Crippen LogP contribution in [-0.4, -0.2) is 59.9 Å². The molecule has 2 aromatic heterocycles. The van der Waals surface area contributed by atoms with Gasteiger partial charge in [0.15, 0.2) is 18.4 Å². The summed E-state index contributed by atoms with van der Waals surface area (Å²) in [5.74, 6) is -1.55. The Morgan fingerprint density at radius 3 is 2.60 bits per heavy atom. The van der Waals surface area contributed by atoms with Crippen LogP contribution in [0.15, 0.2) is 71.3 Å². The van der Waals surface area contributed by atoms with Gasteiger partial charge in [0, 0.05) is 36.5 Å². The van der Waals surface area contributed by atoms with E-state index in [0.717, 1.165) is 0 Å². The number of anilines is 2. The lowest BCUT2D eigenvalue weighted by atomic mass is 9.97. The summed E-state index contributed by atoms with van der Waals surface area (Å²) in [7, 11) is 1.42. The second-order valence-corrected chi connectivity index (χ2v) is 11.9. The number of carbonyl (C=O) groups excluding carboxylic acids is 3. The molecule has 2 N–H and O–H groups in total. The minimum Gasteiger partial charge on any atom is -0.467 e. The molecule has 3 amide bonds. The summed E-state index contributed by atoms with van der Waals surface area (Å²) in [5.41, 5.74) is 1.18. The van der Waals surface area contributed by atoms with Crippen molar-refractivity contribution in [3.05, 3.63) is 84.1 Å². The van der Waals surface area contributed by atoms with Gasteiger partial charge in [-0.05, 0) is 81.6 Å². The van der Waals surface area contributed by atoms with Crippen LogP contribution in [-0.2, 0) is 14.3 Å². The molecule has 0 aliphatic carbocycles. The highest BCUT2D eigenvalue weighted by Crippen LogP contribution is 2.37. The highest BCUT2D eigenvalue weighted by molar-refractivity contribution is 6.03. The molecule has 1 fully saturated rings. The molecule has 0 spiro atoms. The fourth-order valence-electron chi connectivity index (χ4n) is 5.21. The highest BCUT2D eigenvalue weighted by Gasteiger charge is 2.36. The third-order valence-electron chi connectivity index (χ3n) is 7.28. The van der Waals surface area contributed by atoms with Gasteiger partial charge in [0.2, 0.25) is 5.91 Å². The van der Waals surface area contributed by atoms with Gasteiger partial charge in [-0.25, -0.2) is 14.2 Å². The number of nitrogens with zero attached hydrogens (tertiary/aromatic N) is 3. The van der Waals surface area contributed by atoms with Gasteiger partial charge in [-0.1, -0.05) is 12.1 Å². The van der Waals surface area contributed by atoms with Crippen molar-refractivity contribution >= 4 is 29.4 Å². The number of halogens is 1. The number of hydrogen-bond donors (Lipinski definition) is 2. The first kappa shape index (κ1) is 33.6. The largest absolute Gasteiger partial charge is 0.467 e. The number of carbonyl (C=O) groups is 3. The second kappa shape index (κ2) is 14.4. The Bertz CT molecular complexity index is 1860. The van der Waals surface area contributed by atoms with Gasteiger partial charge in [-0.15, -0.1) is 0 Å². The van der Waals surface area contributed by atoms with Crippen molar-refractivity contribution < 1.29 is 37.4 Å². The van der Waals surface area contributed by atoms with Crippen LogP contribution in [0.5, 0.6) is 5.75 Å². The Morgan fingerprint density at radius 2 is 1.90 bits per heavy atom. The minimum absolute atomic E-state index is 0.00408. The normalized spacial score (nSPS) is 14.2. The summed E-state index contributed by atoms with van der Waals surface area (Å²) in [6, 6.07) is 16.6. The first-order chi connectivity index (χ1) is 23.0. The average molecular weight is 656 g/mol. The maximum Gasteiger partial charge on any atom is 0.410 e. The number of nitriles is 1. The number of methoxy groups -OCH3 is 1. The van der Waals surface area contributed by atoms with E-state index in [-0.39, 0.29) is 41.3 Å². The van der Waals surface area contributed by atoms with E-state index in [9.17, 15) is 24.0 Å². The molecular weight excluding hydrogens is 621 g/mol. The molecule has 1 aliphatic heterocycles. The van der Waals surface area contributed by atoms with E-state index in [0.29, 0.717) is 41.8 Å². The first-order valence-corrected chi connectivity index (χ1v) is 15.1. The molecule has 5 rings (SSSR count). The van der Waals surface area contributed by atoms with Crippen LogP contribution in [0.1, 0.15) is 49.7 Å². The van der Waals surface area contributed by atoms with E-state index in [1.807, 2.05) is 0 Å². The van der Waals surface area contributed by atoms with Crippen molar-refractivity contribution in [2.24, 2.45) is 0 Å². The van der Waals surface area contributed by atoms with Crippen molar-refractivity contribution in [1.82, 2.24) is 9.88 Å². The monoisotopic (exact) mass is 655 g/mol. The molecule has 0 saturated carbocycles. The molecule has 0 bridgehead atoms. The third-order valence-corrected chi connectivity index (χ3v) is 7.28. The molecule has 3 heterocycles. The summed E-state index contributed by atoms with van der Waals surface area (Å²) in [6.07, 6.45) is 1.90. The van der Waals surface area contributed by atoms with E-state index in [1.165, 1.54) is 42.5 Å². The molecule has 4 aromatic rings. The van der Waals surface area contributed by atoms with Gasteiger partial charge in [-0.3, -0.25) is 14.5 Å². The van der Waals surface area contributed by atoms with E-state index in [4.69, 9.17) is 18.6 Å². The van der Waals surface area contributed by atoms with E-state index in [1.54, 1.807) is 57.2 Å². The predicted octanol–water partition coefficient (Wildman–Crippen LogP) is 6.59. The van der Waals surface area contributed by atoms with Crippen LogP contribution in [0.25, 0.3) is 22.4 Å². The maximum atomic E-state index is 14.2. The smallest absolute Gasteiger partial charge is 0.410 e. The predicted molar refractivity (Wildman–Crippen MR) is 174 cm³/mol. The molecule has 13 heteroatoms. The minimum atomic E-state index is -0.724. The molecule has 48 heavy (non-hydrogen) atoms. The van der Waals surface area contributed by atoms with Gasteiger partial charge < -0.3 is 29.3 Å². The lowest BCUT2D eigenvalue weighted by Crippen LogP contribution is -2.45. The summed E-state index contributed by atoms with van der Waals surface area (Å²) >= 11 is 0. The number of amides is 3. The fraction of sp³-hybridized carbons (Fsp3) is 0.286. The van der Waals surface area contributed by atoms with Crippen molar-refractivity contribution in [3.8, 4) is 34.2 Å². The zero-order chi connectivity index (χ0) is 34.4. The van der Waals surface area contributed by atoms with Crippen molar-refractivity contribution in [2.45, 2.75) is 45.3 Å². The van der Waals surface area contributed by atoms with E-state index >= 15 is 0 Å². The zero-order valence-electron chi connectivity index (χ0n) is 26.8. The Morgan fingerprint density at radius 1 is 1.08 bits per heavy atom. The summed E-state index contributed by atoms with van der Waals surface area (Å²) in [6.45, 7) is 5.51. The standard InChI is InChI=1S/C35H34FN5O7/c1-35(2,3)48-34(44)41-14-6-10-28(41)32(42)38-23-9-5-8-21(16-23)25-18-27(24-13-12-22(36)17-30(24)47-20-45-4)39-31(26(25)19-37)40-33(43)29-11-7-15-46-29/h5,7-9,11-13,15-18,28H,6,10,14,20H2,1-4H3,(H,38,42)(H,39,40,43)/t28-/m1/s1. The number of hydrogen-bond acceptors (Lipinski definition) is 9. The Balaban J connectivity index is 1.53. The van der Waals surface area contributed by atoms with E-state index in [2.05, 4.69) is 21.7 Å². The number of ether oxygens (including phenoxy) is 3. The topological polar surface area (TPSA) is 156 Å². The number of pyridine rings is 1. The summed E-state index contributed by atoms with van der Waals surface area (Å²) in [4.78, 5) is 45.2. The van der Waals surface area contributed by atoms with E-state index < -0.39 is 29.5 Å². The molecule has 248 valence electrons. The fourth-order valence-corrected chi connectivity index (χ4v) is 5.21. The van der Waals surface area contributed by atoms with Gasteiger partial charge >= 0.3 is 6.09 Å². The van der Waals surface area contributed by atoms with Gasteiger partial charge in [0.1, 0.15) is 34.8 Å². The van der Waals surface area contributed by atoms with Crippen molar-refractivity contribution in [2.75, 3.05) is 31.1 Å². The summed E-state index contributed by atoms with van der Waals surface area (Å²) in [5, 5.41) is 15.9. The number of benzene rings is 2. The molecule has 1 aliphatic rings. The third kappa shape index (κ3) is 7.79. The number of furan rings is 1. The van der Waals surface area contributed by atoms with Crippen LogP contribution in [0, 0.1) is 17.1 Å². The number of aromatic nitrogens is 1. The molecule has 0 radical (unpaired) electrons. The van der Waals surface area contributed by atoms with Crippen LogP contribution >= 0.6 is 0 Å². The lowest BCUT2D eigenvalue weighted by Gasteiger charge is -2.28. The van der Waals surface area contributed by atoms with Crippen LogP contribution in [0.4, 0.5) is 20.7 Å². The second-order valence-electron chi connectivity index (χ2n) is 11.9. The molecule has 2 aromatic carbocycles. The Hall–Kier alpha value is -5.74. The van der Waals surface area contributed by atoms with Crippen LogP contribution in [0.2, 0.25) is 0 Å². The summed E-state index contributed by atoms with van der Waals surface area (Å²) < 4.78 is 35.6. The van der Waals surface area contributed by atoms with Crippen molar-refractivity contribution in [1.29, 1.82) is 5.26 Å². The lowest BCUT2D eigenvalue weighted by molar-refractivity contribution is -0.120. The number of nitrogens with one attached hydrogen (secondary N) is 2.